The summed E-state index contributed by atoms with van der Waals surface area (Å²) in [5.74, 6) is 0.994. The van der Waals surface area contributed by atoms with Crippen molar-refractivity contribution in [3.8, 4) is 5.75 Å². The van der Waals surface area contributed by atoms with Gasteiger partial charge in [0, 0.05) is 11.6 Å². The smallest absolute Gasteiger partial charge is 0.257 e. The second kappa shape index (κ2) is 6.24. The minimum absolute atomic E-state index is 0.282. The first kappa shape index (κ1) is 13.4. The highest BCUT2D eigenvalue weighted by atomic mass is 35.5. The maximum atomic E-state index is 10.4. The Balaban J connectivity index is 1.78. The third-order valence-electron chi connectivity index (χ3n) is 2.57. The fraction of sp³-hybridized carbons (Fsp3) is 0.364. The topological polar surface area (TPSA) is 80.0 Å². The summed E-state index contributed by atoms with van der Waals surface area (Å²) in [6.07, 6.45) is 0. The molecule has 0 unspecified atom stereocenters. The van der Waals surface area contributed by atoms with Crippen LogP contribution in [0.15, 0.2) is 29.3 Å². The summed E-state index contributed by atoms with van der Waals surface area (Å²) in [5.41, 5.74) is 2.07. The zero-order valence-corrected chi connectivity index (χ0v) is 10.8. The van der Waals surface area contributed by atoms with Crippen LogP contribution in [0.3, 0.4) is 0 Å². The van der Waals surface area contributed by atoms with Crippen LogP contribution in [-0.4, -0.2) is 42.1 Å². The maximum absolute atomic E-state index is 10.4. The Morgan fingerprint density at radius 1 is 1.47 bits per heavy atom. The van der Waals surface area contributed by atoms with E-state index in [0.29, 0.717) is 37.0 Å². The quantitative estimate of drug-likeness (QED) is 0.648. The van der Waals surface area contributed by atoms with Gasteiger partial charge in [0.25, 0.3) is 5.96 Å². The Morgan fingerprint density at radius 3 is 2.89 bits per heavy atom. The second-order valence-electron chi connectivity index (χ2n) is 3.86. The zero-order valence-electron chi connectivity index (χ0n) is 10.1. The standard InChI is InChI=1S/C11H13ClN4O3/c12-9-1-3-10(4-2-9)19-8-7-15-6-5-13-11(15)14-16(17)18/h1-4H,5-8H2,(H,13,14). The Morgan fingerprint density at radius 2 is 2.21 bits per heavy atom. The number of aliphatic imine (C=N–C) groups is 1. The lowest BCUT2D eigenvalue weighted by molar-refractivity contribution is -0.526. The molecule has 0 aliphatic carbocycles. The summed E-state index contributed by atoms with van der Waals surface area (Å²) >= 11 is 5.77. The first-order valence-electron chi connectivity index (χ1n) is 5.74. The minimum Gasteiger partial charge on any atom is -0.492 e. The Kier molecular flexibility index (Phi) is 4.40. The van der Waals surface area contributed by atoms with Crippen molar-refractivity contribution in [3.63, 3.8) is 0 Å². The van der Waals surface area contributed by atoms with Crippen molar-refractivity contribution in [2.75, 3.05) is 26.2 Å². The molecular formula is C11H13ClN4O3. The van der Waals surface area contributed by atoms with Crippen molar-refractivity contribution in [3.05, 3.63) is 39.4 Å². The molecule has 8 heteroatoms. The molecule has 1 heterocycles. The Hall–Kier alpha value is -2.02. The summed E-state index contributed by atoms with van der Waals surface area (Å²) in [4.78, 5) is 16.2. The van der Waals surface area contributed by atoms with Gasteiger partial charge in [-0.05, 0) is 24.3 Å². The van der Waals surface area contributed by atoms with Crippen molar-refractivity contribution >= 4 is 17.6 Å². The SMILES string of the molecule is O=[N+]([O-])NC1=NCCN1CCOc1ccc(Cl)cc1. The van der Waals surface area contributed by atoms with E-state index in [9.17, 15) is 10.1 Å². The van der Waals surface area contributed by atoms with Crippen LogP contribution in [0.2, 0.25) is 5.02 Å². The van der Waals surface area contributed by atoms with Crippen LogP contribution < -0.4 is 10.2 Å². The van der Waals surface area contributed by atoms with Crippen LogP contribution in [-0.2, 0) is 0 Å². The average molecular weight is 285 g/mol. The average Bonchev–Trinajstić information content (AvgIpc) is 2.78. The van der Waals surface area contributed by atoms with Crippen molar-refractivity contribution < 1.29 is 9.77 Å². The molecule has 19 heavy (non-hydrogen) atoms. The predicted molar refractivity (Wildman–Crippen MR) is 71.0 cm³/mol. The molecule has 1 N–H and O–H groups in total. The van der Waals surface area contributed by atoms with Gasteiger partial charge in [0.2, 0.25) is 0 Å². The summed E-state index contributed by atoms with van der Waals surface area (Å²) in [6.45, 7) is 2.15. The second-order valence-corrected chi connectivity index (χ2v) is 4.30. The van der Waals surface area contributed by atoms with Crippen LogP contribution >= 0.6 is 11.6 Å². The molecule has 7 nitrogen and oxygen atoms in total. The molecule has 0 spiro atoms. The molecule has 2 rings (SSSR count). The van der Waals surface area contributed by atoms with E-state index in [1.54, 1.807) is 29.2 Å². The number of ether oxygens (including phenoxy) is 1. The number of hydrogen-bond donors (Lipinski definition) is 1. The molecule has 0 fully saturated rings. The van der Waals surface area contributed by atoms with E-state index >= 15 is 0 Å². The lowest BCUT2D eigenvalue weighted by Gasteiger charge is -2.17. The zero-order chi connectivity index (χ0) is 13.7. The van der Waals surface area contributed by atoms with Crippen molar-refractivity contribution in [2.24, 2.45) is 4.99 Å². The maximum Gasteiger partial charge on any atom is 0.257 e. The molecule has 102 valence electrons. The molecule has 0 radical (unpaired) electrons. The van der Waals surface area contributed by atoms with Gasteiger partial charge in [0.05, 0.1) is 13.1 Å². The lowest BCUT2D eigenvalue weighted by Crippen LogP contribution is -2.42. The van der Waals surface area contributed by atoms with Crippen molar-refractivity contribution in [1.82, 2.24) is 10.3 Å². The largest absolute Gasteiger partial charge is 0.492 e. The number of nitro groups is 1. The van der Waals surface area contributed by atoms with E-state index < -0.39 is 5.03 Å². The number of nitrogens with one attached hydrogen (secondary N) is 1. The highest BCUT2D eigenvalue weighted by molar-refractivity contribution is 6.30. The molecule has 1 aliphatic heterocycles. The number of hydrazine groups is 1. The van der Waals surface area contributed by atoms with Gasteiger partial charge in [-0.3, -0.25) is 0 Å². The minimum atomic E-state index is -0.614. The van der Waals surface area contributed by atoms with E-state index in [0.717, 1.165) is 0 Å². The molecular weight excluding hydrogens is 272 g/mol. The number of benzene rings is 1. The highest BCUT2D eigenvalue weighted by Gasteiger charge is 2.20. The number of rotatable bonds is 5. The van der Waals surface area contributed by atoms with E-state index in [-0.39, 0.29) is 5.96 Å². The molecule has 0 atom stereocenters. The van der Waals surface area contributed by atoms with Gasteiger partial charge in [-0.1, -0.05) is 17.0 Å². The summed E-state index contributed by atoms with van der Waals surface area (Å²) in [5, 5.41) is 10.4. The normalized spacial score (nSPS) is 14.2. The number of nitrogens with zero attached hydrogens (tertiary/aromatic N) is 3. The number of guanidine groups is 1. The lowest BCUT2D eigenvalue weighted by atomic mass is 10.3. The third kappa shape index (κ3) is 3.99. The fourth-order valence-corrected chi connectivity index (χ4v) is 1.82. The molecule has 1 aromatic rings. The van der Waals surface area contributed by atoms with Crippen LogP contribution in [0.1, 0.15) is 0 Å². The van der Waals surface area contributed by atoms with E-state index in [2.05, 4.69) is 10.4 Å². The molecule has 0 saturated heterocycles. The molecule has 0 saturated carbocycles. The first-order chi connectivity index (χ1) is 9.15. The third-order valence-corrected chi connectivity index (χ3v) is 2.82. The summed E-state index contributed by atoms with van der Waals surface area (Å²) in [7, 11) is 0. The van der Waals surface area contributed by atoms with Gasteiger partial charge < -0.3 is 9.64 Å². The van der Waals surface area contributed by atoms with Gasteiger partial charge in [-0.2, -0.15) is 0 Å². The van der Waals surface area contributed by atoms with Crippen LogP contribution in [0, 0.1) is 10.1 Å². The van der Waals surface area contributed by atoms with Gasteiger partial charge in [-0.25, -0.2) is 15.1 Å². The van der Waals surface area contributed by atoms with Gasteiger partial charge in [0.15, 0.2) is 5.03 Å². The van der Waals surface area contributed by atoms with Crippen LogP contribution in [0.5, 0.6) is 5.75 Å². The molecule has 0 amide bonds. The van der Waals surface area contributed by atoms with Crippen LogP contribution in [0.4, 0.5) is 0 Å². The Bertz CT molecular complexity index is 477. The molecule has 0 aromatic heterocycles. The van der Waals surface area contributed by atoms with Crippen LogP contribution in [0.25, 0.3) is 0 Å². The molecule has 1 aromatic carbocycles. The fourth-order valence-electron chi connectivity index (χ4n) is 1.69. The van der Waals surface area contributed by atoms with Crippen molar-refractivity contribution in [1.29, 1.82) is 0 Å². The van der Waals surface area contributed by atoms with E-state index in [1.165, 1.54) is 0 Å². The highest BCUT2D eigenvalue weighted by Crippen LogP contribution is 2.15. The predicted octanol–water partition coefficient (Wildman–Crippen LogP) is 1.17. The van der Waals surface area contributed by atoms with Crippen molar-refractivity contribution in [2.45, 2.75) is 0 Å². The van der Waals surface area contributed by atoms with Gasteiger partial charge >= 0.3 is 0 Å². The van der Waals surface area contributed by atoms with Gasteiger partial charge in [0.1, 0.15) is 12.4 Å². The Labute approximate surface area is 114 Å². The molecule has 0 bridgehead atoms. The molecule has 1 aliphatic rings. The van der Waals surface area contributed by atoms with E-state index in [4.69, 9.17) is 16.3 Å². The number of halogens is 1. The summed E-state index contributed by atoms with van der Waals surface area (Å²) in [6, 6.07) is 7.04. The van der Waals surface area contributed by atoms with E-state index in [1.807, 2.05) is 0 Å². The number of hydrogen-bond acceptors (Lipinski definition) is 5. The van der Waals surface area contributed by atoms with Gasteiger partial charge in [-0.15, -0.1) is 0 Å². The summed E-state index contributed by atoms with van der Waals surface area (Å²) < 4.78 is 5.52. The monoisotopic (exact) mass is 284 g/mol. The first-order valence-corrected chi connectivity index (χ1v) is 6.12.